The zero-order valence-corrected chi connectivity index (χ0v) is 12.9. The molecule has 3 N–H and O–H groups in total. The lowest BCUT2D eigenvalue weighted by molar-refractivity contribution is -0.0277. The molecular formula is C14H21N3O2S. The number of thioether (sulfide) groups is 1. The van der Waals surface area contributed by atoms with Crippen LogP contribution in [0.15, 0.2) is 28.3 Å². The zero-order valence-electron chi connectivity index (χ0n) is 12.1. The first-order chi connectivity index (χ1) is 9.48. The monoisotopic (exact) mass is 295 g/mol. The molecule has 0 unspecified atom stereocenters. The molecule has 110 valence electrons. The number of rotatable bonds is 3. The number of morpholine rings is 1. The van der Waals surface area contributed by atoms with Gasteiger partial charge in [-0.2, -0.15) is 0 Å². The summed E-state index contributed by atoms with van der Waals surface area (Å²) >= 11 is 1.59. The molecule has 0 spiro atoms. The molecule has 0 atom stereocenters. The fourth-order valence-electron chi connectivity index (χ4n) is 2.48. The van der Waals surface area contributed by atoms with Crippen molar-refractivity contribution < 1.29 is 9.94 Å². The van der Waals surface area contributed by atoms with Crippen LogP contribution < -0.4 is 10.6 Å². The molecule has 0 bridgehead atoms. The number of anilines is 1. The van der Waals surface area contributed by atoms with Gasteiger partial charge in [-0.1, -0.05) is 11.2 Å². The highest BCUT2D eigenvalue weighted by Crippen LogP contribution is 2.32. The molecule has 6 heteroatoms. The van der Waals surface area contributed by atoms with Crippen molar-refractivity contribution in [2.75, 3.05) is 30.9 Å². The summed E-state index contributed by atoms with van der Waals surface area (Å²) in [6.45, 7) is 6.39. The zero-order chi connectivity index (χ0) is 14.8. The quantitative estimate of drug-likeness (QED) is 0.294. The maximum Gasteiger partial charge on any atom is 0.173 e. The number of nitrogens with zero attached hydrogens (tertiary/aromatic N) is 2. The van der Waals surface area contributed by atoms with Crippen molar-refractivity contribution in [2.45, 2.75) is 24.3 Å². The van der Waals surface area contributed by atoms with Crippen molar-refractivity contribution in [2.24, 2.45) is 10.9 Å². The van der Waals surface area contributed by atoms with E-state index in [4.69, 9.17) is 15.7 Å². The molecule has 0 saturated carbocycles. The number of nitrogens with two attached hydrogens (primary N) is 1. The lowest BCUT2D eigenvalue weighted by atomic mass is 10.0. The van der Waals surface area contributed by atoms with Gasteiger partial charge in [0, 0.05) is 23.7 Å². The topological polar surface area (TPSA) is 71.1 Å². The fourth-order valence-corrected chi connectivity index (χ4v) is 3.11. The van der Waals surface area contributed by atoms with Crippen LogP contribution in [0.5, 0.6) is 0 Å². The highest BCUT2D eigenvalue weighted by molar-refractivity contribution is 7.98. The van der Waals surface area contributed by atoms with E-state index in [1.165, 1.54) is 0 Å². The van der Waals surface area contributed by atoms with Gasteiger partial charge < -0.3 is 20.6 Å². The molecule has 1 heterocycles. The van der Waals surface area contributed by atoms with Crippen LogP contribution >= 0.6 is 11.8 Å². The third-order valence-electron chi connectivity index (χ3n) is 3.35. The number of oxime groups is 1. The van der Waals surface area contributed by atoms with Crippen molar-refractivity contribution in [3.05, 3.63) is 23.8 Å². The van der Waals surface area contributed by atoms with E-state index in [9.17, 15) is 0 Å². The number of hydrogen-bond acceptors (Lipinski definition) is 5. The van der Waals surface area contributed by atoms with E-state index >= 15 is 0 Å². The Labute approximate surface area is 123 Å². The minimum Gasteiger partial charge on any atom is -0.409 e. The number of amidine groups is 1. The van der Waals surface area contributed by atoms with Gasteiger partial charge in [-0.3, -0.25) is 0 Å². The Hall–Kier alpha value is -1.40. The van der Waals surface area contributed by atoms with Gasteiger partial charge in [0.2, 0.25) is 0 Å². The van der Waals surface area contributed by atoms with Crippen LogP contribution in [0, 0.1) is 0 Å². The van der Waals surface area contributed by atoms with Crippen molar-refractivity contribution in [3.63, 3.8) is 0 Å². The van der Waals surface area contributed by atoms with Crippen molar-refractivity contribution in [1.29, 1.82) is 0 Å². The molecule has 1 aliphatic rings. The van der Waals surface area contributed by atoms with E-state index in [1.807, 2.05) is 24.5 Å². The van der Waals surface area contributed by atoms with Gasteiger partial charge in [0.15, 0.2) is 5.84 Å². The number of hydrogen-bond donors (Lipinski definition) is 2. The highest BCUT2D eigenvalue weighted by atomic mass is 32.2. The molecule has 1 aromatic rings. The second kappa shape index (κ2) is 5.93. The molecule has 0 aliphatic carbocycles. The Morgan fingerprint density at radius 1 is 1.50 bits per heavy atom. The summed E-state index contributed by atoms with van der Waals surface area (Å²) in [5.74, 6) is 0.147. The molecule has 0 aromatic heterocycles. The molecule has 5 nitrogen and oxygen atoms in total. The average molecular weight is 295 g/mol. The van der Waals surface area contributed by atoms with Crippen molar-refractivity contribution in [1.82, 2.24) is 0 Å². The maximum atomic E-state index is 9.04. The first-order valence-electron chi connectivity index (χ1n) is 6.52. The Balaban J connectivity index is 2.45. The van der Waals surface area contributed by atoms with E-state index in [1.54, 1.807) is 11.8 Å². The predicted octanol–water partition coefficient (Wildman–Crippen LogP) is 2.12. The summed E-state index contributed by atoms with van der Waals surface area (Å²) in [7, 11) is 0. The second-order valence-electron chi connectivity index (χ2n) is 5.37. The molecule has 0 amide bonds. The van der Waals surface area contributed by atoms with Crippen LogP contribution in [0.3, 0.4) is 0 Å². The van der Waals surface area contributed by atoms with Crippen LogP contribution in [-0.4, -0.2) is 42.6 Å². The third-order valence-corrected chi connectivity index (χ3v) is 4.13. The maximum absolute atomic E-state index is 9.04. The van der Waals surface area contributed by atoms with Gasteiger partial charge >= 0.3 is 0 Å². The summed E-state index contributed by atoms with van der Waals surface area (Å²) in [5, 5.41) is 12.2. The lowest BCUT2D eigenvalue weighted by Gasteiger charge is -2.40. The van der Waals surface area contributed by atoms with Crippen LogP contribution in [-0.2, 0) is 4.74 Å². The molecular weight excluding hydrogens is 274 g/mol. The first-order valence-corrected chi connectivity index (χ1v) is 7.75. The Bertz CT molecular complexity index is 517. The summed E-state index contributed by atoms with van der Waals surface area (Å²) in [4.78, 5) is 3.23. The van der Waals surface area contributed by atoms with Crippen molar-refractivity contribution >= 4 is 23.3 Å². The summed E-state index contributed by atoms with van der Waals surface area (Å²) in [6, 6.07) is 5.99. The third kappa shape index (κ3) is 3.02. The average Bonchev–Trinajstić information content (AvgIpc) is 2.44. The largest absolute Gasteiger partial charge is 0.409 e. The van der Waals surface area contributed by atoms with Crippen LogP contribution in [0.25, 0.3) is 0 Å². The SMILES string of the molecule is CSc1cccc(N2CCOC(C)(C)C2)c1/C(N)=N/O. The molecule has 1 saturated heterocycles. The lowest BCUT2D eigenvalue weighted by Crippen LogP contribution is -2.49. The standard InChI is InChI=1S/C14H21N3O2S/c1-14(2)9-17(7-8-19-14)10-5-4-6-11(20-3)12(10)13(15)16-18/h4-6,18H,7-9H2,1-3H3,(H2,15,16). The van der Waals surface area contributed by atoms with E-state index < -0.39 is 0 Å². The van der Waals surface area contributed by atoms with Crippen molar-refractivity contribution in [3.8, 4) is 0 Å². The molecule has 0 radical (unpaired) electrons. The fraction of sp³-hybridized carbons (Fsp3) is 0.500. The van der Waals surface area contributed by atoms with Gasteiger partial charge in [-0.15, -0.1) is 11.8 Å². The van der Waals surface area contributed by atoms with Gasteiger partial charge in [0.1, 0.15) is 0 Å². The highest BCUT2D eigenvalue weighted by Gasteiger charge is 2.29. The minimum absolute atomic E-state index is 0.147. The van der Waals surface area contributed by atoms with Gasteiger partial charge in [0.25, 0.3) is 0 Å². The van der Waals surface area contributed by atoms with Gasteiger partial charge in [-0.05, 0) is 32.2 Å². The molecule has 1 aliphatic heterocycles. The summed E-state index contributed by atoms with van der Waals surface area (Å²) in [5.41, 5.74) is 7.46. The van der Waals surface area contributed by atoms with E-state index in [-0.39, 0.29) is 11.4 Å². The number of benzene rings is 1. The summed E-state index contributed by atoms with van der Waals surface area (Å²) in [6.07, 6.45) is 1.98. The van der Waals surface area contributed by atoms with Gasteiger partial charge in [-0.25, -0.2) is 0 Å². The van der Waals surface area contributed by atoms with Crippen LogP contribution in [0.1, 0.15) is 19.4 Å². The Morgan fingerprint density at radius 2 is 2.25 bits per heavy atom. The summed E-state index contributed by atoms with van der Waals surface area (Å²) < 4.78 is 5.74. The number of ether oxygens (including phenoxy) is 1. The van der Waals surface area contributed by atoms with E-state index in [0.29, 0.717) is 6.61 Å². The Morgan fingerprint density at radius 3 is 2.85 bits per heavy atom. The molecule has 2 rings (SSSR count). The van der Waals surface area contributed by atoms with Gasteiger partial charge in [0.05, 0.1) is 17.8 Å². The molecule has 20 heavy (non-hydrogen) atoms. The Kier molecular flexibility index (Phi) is 4.45. The first kappa shape index (κ1) is 15.0. The predicted molar refractivity (Wildman–Crippen MR) is 83.0 cm³/mol. The normalized spacial score (nSPS) is 19.1. The van der Waals surface area contributed by atoms with Crippen LogP contribution in [0.2, 0.25) is 0 Å². The smallest absolute Gasteiger partial charge is 0.173 e. The molecule has 1 fully saturated rings. The minimum atomic E-state index is -0.198. The van der Waals surface area contributed by atoms with E-state index in [2.05, 4.69) is 23.9 Å². The van der Waals surface area contributed by atoms with Crippen LogP contribution in [0.4, 0.5) is 5.69 Å². The van der Waals surface area contributed by atoms with E-state index in [0.717, 1.165) is 29.2 Å². The molecule has 1 aromatic carbocycles. The second-order valence-corrected chi connectivity index (χ2v) is 6.22.